The first-order valence-corrected chi connectivity index (χ1v) is 5.17. The molecule has 0 saturated carbocycles. The minimum absolute atomic E-state index is 0.403. The van der Waals surface area contributed by atoms with Crippen LogP contribution in [0.25, 0.3) is 0 Å². The average Bonchev–Trinajstić information content (AvgIpc) is 2.09. The maximum Gasteiger partial charge on any atom is 0.00417 e. The van der Waals surface area contributed by atoms with Gasteiger partial charge in [-0.3, -0.25) is 0 Å². The Morgan fingerprint density at radius 1 is 1.25 bits per heavy atom. The molecule has 1 nitrogen and oxygen atoms in total. The highest BCUT2D eigenvalue weighted by molar-refractivity contribution is 4.71. The second-order valence-corrected chi connectivity index (χ2v) is 3.48. The van der Waals surface area contributed by atoms with Crippen LogP contribution in [0.2, 0.25) is 0 Å². The highest BCUT2D eigenvalue weighted by Gasteiger charge is 1.99. The van der Waals surface area contributed by atoms with Crippen LogP contribution in [0.1, 0.15) is 51.9 Å². The molecule has 72 valence electrons. The summed E-state index contributed by atoms with van der Waals surface area (Å²) in [4.78, 5) is 0. The molecule has 0 aliphatic carbocycles. The topological polar surface area (TPSA) is 26.0 Å². The predicted molar refractivity (Wildman–Crippen MR) is 56.2 cm³/mol. The van der Waals surface area contributed by atoms with Crippen molar-refractivity contribution in [3.63, 3.8) is 0 Å². The summed E-state index contributed by atoms with van der Waals surface area (Å²) in [5.74, 6) is 0. The van der Waals surface area contributed by atoms with E-state index in [1.54, 1.807) is 0 Å². The summed E-state index contributed by atoms with van der Waals surface area (Å²) >= 11 is 0. The second kappa shape index (κ2) is 8.79. The van der Waals surface area contributed by atoms with Gasteiger partial charge in [-0.1, -0.05) is 38.7 Å². The Kier molecular flexibility index (Phi) is 8.57. The first-order chi connectivity index (χ1) is 5.81. The number of hydrogen-bond acceptors (Lipinski definition) is 1. The van der Waals surface area contributed by atoms with Crippen LogP contribution in [0, 0.1) is 0 Å². The van der Waals surface area contributed by atoms with Gasteiger partial charge in [0.15, 0.2) is 0 Å². The van der Waals surface area contributed by atoms with Gasteiger partial charge in [0.25, 0.3) is 0 Å². The molecule has 12 heavy (non-hydrogen) atoms. The molecule has 0 aliphatic heterocycles. The molecule has 0 aromatic carbocycles. The standard InChI is InChI=1S/C11H23N/c1-3-5-7-8-10-11(12)9-6-4-2/h4,11H,2-3,5-10,12H2,1H3. The fraction of sp³-hybridized carbons (Fsp3) is 0.818. The number of allylic oxidation sites excluding steroid dienone is 1. The summed E-state index contributed by atoms with van der Waals surface area (Å²) in [6.45, 7) is 5.92. The molecule has 0 aromatic heterocycles. The Balaban J connectivity index is 3.07. The minimum Gasteiger partial charge on any atom is -0.328 e. The fourth-order valence-corrected chi connectivity index (χ4v) is 1.31. The Morgan fingerprint density at radius 2 is 2.00 bits per heavy atom. The summed E-state index contributed by atoms with van der Waals surface area (Å²) in [6.07, 6.45) is 10.6. The third-order valence-corrected chi connectivity index (χ3v) is 2.17. The van der Waals surface area contributed by atoms with Crippen LogP contribution in [0.15, 0.2) is 12.7 Å². The van der Waals surface area contributed by atoms with Crippen LogP contribution in [0.3, 0.4) is 0 Å². The monoisotopic (exact) mass is 169 g/mol. The van der Waals surface area contributed by atoms with Crippen molar-refractivity contribution >= 4 is 0 Å². The molecule has 0 radical (unpaired) electrons. The molecule has 0 aliphatic rings. The van der Waals surface area contributed by atoms with Crippen LogP contribution in [-0.4, -0.2) is 6.04 Å². The van der Waals surface area contributed by atoms with Crippen LogP contribution in [0.4, 0.5) is 0 Å². The largest absolute Gasteiger partial charge is 0.328 e. The van der Waals surface area contributed by atoms with Gasteiger partial charge in [0, 0.05) is 6.04 Å². The van der Waals surface area contributed by atoms with E-state index in [1.807, 2.05) is 6.08 Å². The summed E-state index contributed by atoms with van der Waals surface area (Å²) in [7, 11) is 0. The Labute approximate surface area is 77.0 Å². The molecule has 0 spiro atoms. The molecule has 0 rings (SSSR count). The SMILES string of the molecule is C=CCCC(N)CCCCCC. The van der Waals surface area contributed by atoms with Gasteiger partial charge >= 0.3 is 0 Å². The Morgan fingerprint density at radius 3 is 2.58 bits per heavy atom. The third kappa shape index (κ3) is 7.80. The van der Waals surface area contributed by atoms with Crippen LogP contribution in [0.5, 0.6) is 0 Å². The van der Waals surface area contributed by atoms with E-state index in [0.29, 0.717) is 6.04 Å². The molecule has 0 bridgehead atoms. The van der Waals surface area contributed by atoms with Gasteiger partial charge in [0.05, 0.1) is 0 Å². The van der Waals surface area contributed by atoms with E-state index in [1.165, 1.54) is 32.1 Å². The molecule has 0 amide bonds. The first-order valence-electron chi connectivity index (χ1n) is 5.17. The van der Waals surface area contributed by atoms with Crippen molar-refractivity contribution < 1.29 is 0 Å². The van der Waals surface area contributed by atoms with Crippen LogP contribution in [-0.2, 0) is 0 Å². The summed E-state index contributed by atoms with van der Waals surface area (Å²) in [5.41, 5.74) is 5.89. The average molecular weight is 169 g/mol. The zero-order chi connectivity index (χ0) is 9.23. The maximum absolute atomic E-state index is 5.89. The highest BCUT2D eigenvalue weighted by atomic mass is 14.6. The molecule has 0 fully saturated rings. The van der Waals surface area contributed by atoms with E-state index >= 15 is 0 Å². The lowest BCUT2D eigenvalue weighted by molar-refractivity contribution is 0.525. The van der Waals surface area contributed by atoms with Crippen molar-refractivity contribution in [1.82, 2.24) is 0 Å². The van der Waals surface area contributed by atoms with E-state index in [-0.39, 0.29) is 0 Å². The zero-order valence-corrected chi connectivity index (χ0v) is 8.39. The second-order valence-electron chi connectivity index (χ2n) is 3.48. The summed E-state index contributed by atoms with van der Waals surface area (Å²) in [5, 5.41) is 0. The smallest absolute Gasteiger partial charge is 0.00417 e. The van der Waals surface area contributed by atoms with E-state index in [2.05, 4.69) is 13.5 Å². The summed E-state index contributed by atoms with van der Waals surface area (Å²) in [6, 6.07) is 0.403. The number of hydrogen-bond donors (Lipinski definition) is 1. The van der Waals surface area contributed by atoms with E-state index in [4.69, 9.17) is 5.73 Å². The highest BCUT2D eigenvalue weighted by Crippen LogP contribution is 2.07. The van der Waals surface area contributed by atoms with Gasteiger partial charge in [-0.05, 0) is 19.3 Å². The molecule has 2 N–H and O–H groups in total. The third-order valence-electron chi connectivity index (χ3n) is 2.17. The number of rotatable bonds is 8. The number of nitrogens with two attached hydrogens (primary N) is 1. The summed E-state index contributed by atoms with van der Waals surface area (Å²) < 4.78 is 0. The van der Waals surface area contributed by atoms with Crippen molar-refractivity contribution in [2.75, 3.05) is 0 Å². The van der Waals surface area contributed by atoms with Gasteiger partial charge in [0.1, 0.15) is 0 Å². The molecule has 0 heterocycles. The molecule has 1 unspecified atom stereocenters. The van der Waals surface area contributed by atoms with Crippen molar-refractivity contribution in [1.29, 1.82) is 0 Å². The molecular formula is C11H23N. The van der Waals surface area contributed by atoms with Crippen molar-refractivity contribution in [3.05, 3.63) is 12.7 Å². The molecule has 1 atom stereocenters. The molecular weight excluding hydrogens is 146 g/mol. The lowest BCUT2D eigenvalue weighted by Gasteiger charge is -2.08. The quantitative estimate of drug-likeness (QED) is 0.438. The molecule has 0 aromatic rings. The van der Waals surface area contributed by atoms with Crippen LogP contribution < -0.4 is 5.73 Å². The van der Waals surface area contributed by atoms with E-state index < -0.39 is 0 Å². The first kappa shape index (κ1) is 11.7. The Hall–Kier alpha value is -0.300. The normalized spacial score (nSPS) is 12.8. The van der Waals surface area contributed by atoms with E-state index in [9.17, 15) is 0 Å². The molecule has 0 saturated heterocycles. The van der Waals surface area contributed by atoms with Crippen molar-refractivity contribution in [3.8, 4) is 0 Å². The van der Waals surface area contributed by atoms with Crippen molar-refractivity contribution in [2.24, 2.45) is 5.73 Å². The zero-order valence-electron chi connectivity index (χ0n) is 8.39. The van der Waals surface area contributed by atoms with Gasteiger partial charge in [-0.25, -0.2) is 0 Å². The molecule has 1 heteroatoms. The fourth-order valence-electron chi connectivity index (χ4n) is 1.31. The van der Waals surface area contributed by atoms with Gasteiger partial charge in [0.2, 0.25) is 0 Å². The maximum atomic E-state index is 5.89. The van der Waals surface area contributed by atoms with Gasteiger partial charge < -0.3 is 5.73 Å². The number of unbranched alkanes of at least 4 members (excludes halogenated alkanes) is 3. The van der Waals surface area contributed by atoms with Crippen molar-refractivity contribution in [2.45, 2.75) is 57.9 Å². The Bertz CT molecular complexity index is 99.2. The van der Waals surface area contributed by atoms with Gasteiger partial charge in [-0.2, -0.15) is 0 Å². The van der Waals surface area contributed by atoms with Gasteiger partial charge in [-0.15, -0.1) is 6.58 Å². The van der Waals surface area contributed by atoms with Crippen LogP contribution >= 0.6 is 0 Å². The lowest BCUT2D eigenvalue weighted by atomic mass is 10.0. The minimum atomic E-state index is 0.403. The lowest BCUT2D eigenvalue weighted by Crippen LogP contribution is -2.19. The van der Waals surface area contributed by atoms with E-state index in [0.717, 1.165) is 12.8 Å². The predicted octanol–water partition coefficient (Wildman–Crippen LogP) is 3.25.